The monoisotopic (exact) mass is 563 g/mol. The van der Waals surface area contributed by atoms with Gasteiger partial charge in [0.15, 0.2) is 5.82 Å². The lowest BCUT2D eigenvalue weighted by atomic mass is 9.87. The number of hydrogen-bond donors (Lipinski definition) is 1. The number of morpholine rings is 1. The Balaban J connectivity index is 1.21. The fraction of sp³-hybridized carbons (Fsp3) is 0.414. The second kappa shape index (κ2) is 12.1. The average molecular weight is 564 g/mol. The molecule has 2 fully saturated rings. The van der Waals surface area contributed by atoms with Crippen molar-refractivity contribution in [3.63, 3.8) is 0 Å². The van der Waals surface area contributed by atoms with E-state index in [9.17, 15) is 13.6 Å². The van der Waals surface area contributed by atoms with Crippen LogP contribution >= 0.6 is 0 Å². The summed E-state index contributed by atoms with van der Waals surface area (Å²) in [6.45, 7) is 2.59. The van der Waals surface area contributed by atoms with Crippen molar-refractivity contribution in [2.75, 3.05) is 31.2 Å². The van der Waals surface area contributed by atoms with Gasteiger partial charge >= 0.3 is 0 Å². The topological polar surface area (TPSA) is 107 Å². The summed E-state index contributed by atoms with van der Waals surface area (Å²) in [6.07, 6.45) is 1.44. The van der Waals surface area contributed by atoms with Gasteiger partial charge in [-0.3, -0.25) is 14.3 Å². The Kier molecular flexibility index (Phi) is 7.99. The minimum atomic E-state index is -2.80. The third-order valence-electron chi connectivity index (χ3n) is 7.48. The van der Waals surface area contributed by atoms with Crippen LogP contribution in [0.3, 0.4) is 0 Å². The molecule has 4 heterocycles. The SMILES string of the molecule is O=C(NCc1ccccn1)C1CCC(Oc2cc(-n3c(C(F)F)nc4ccccc43)nc(N3CCOCC3)n2)CC1. The molecular weight excluding hydrogens is 532 g/mol. The van der Waals surface area contributed by atoms with Gasteiger partial charge in [0.25, 0.3) is 6.43 Å². The van der Waals surface area contributed by atoms with E-state index in [0.29, 0.717) is 81.4 Å². The van der Waals surface area contributed by atoms with Crippen molar-refractivity contribution in [3.8, 4) is 11.7 Å². The largest absolute Gasteiger partial charge is 0.474 e. The van der Waals surface area contributed by atoms with Gasteiger partial charge in [-0.25, -0.2) is 13.8 Å². The van der Waals surface area contributed by atoms with Crippen molar-refractivity contribution in [1.82, 2.24) is 29.8 Å². The number of benzene rings is 1. The van der Waals surface area contributed by atoms with Gasteiger partial charge in [-0.2, -0.15) is 9.97 Å². The number of aromatic nitrogens is 5. The van der Waals surface area contributed by atoms with Crippen molar-refractivity contribution < 1.29 is 23.0 Å². The van der Waals surface area contributed by atoms with Crippen molar-refractivity contribution in [3.05, 3.63) is 66.2 Å². The van der Waals surface area contributed by atoms with Gasteiger partial charge in [0.05, 0.1) is 36.5 Å². The van der Waals surface area contributed by atoms with E-state index in [0.717, 1.165) is 5.69 Å². The Morgan fingerprint density at radius 2 is 1.80 bits per heavy atom. The number of nitrogens with zero attached hydrogens (tertiary/aromatic N) is 6. The van der Waals surface area contributed by atoms with E-state index in [-0.39, 0.29) is 29.6 Å². The molecule has 0 unspecified atom stereocenters. The van der Waals surface area contributed by atoms with Gasteiger partial charge in [-0.1, -0.05) is 18.2 Å². The minimum Gasteiger partial charge on any atom is -0.474 e. The Labute approximate surface area is 235 Å². The highest BCUT2D eigenvalue weighted by Crippen LogP contribution is 2.32. The van der Waals surface area contributed by atoms with Crippen LogP contribution in [0.15, 0.2) is 54.7 Å². The predicted molar refractivity (Wildman–Crippen MR) is 147 cm³/mol. The van der Waals surface area contributed by atoms with Gasteiger partial charge < -0.3 is 19.7 Å². The molecule has 0 bridgehead atoms. The number of anilines is 1. The fourth-order valence-corrected chi connectivity index (χ4v) is 5.35. The number of para-hydroxylation sites is 2. The van der Waals surface area contributed by atoms with E-state index in [1.807, 2.05) is 23.1 Å². The molecule has 1 saturated heterocycles. The van der Waals surface area contributed by atoms with Crippen LogP contribution in [-0.4, -0.2) is 62.8 Å². The zero-order valence-electron chi connectivity index (χ0n) is 22.5. The molecule has 1 aromatic carbocycles. The van der Waals surface area contributed by atoms with Gasteiger partial charge in [-0.05, 0) is 49.9 Å². The molecule has 41 heavy (non-hydrogen) atoms. The average Bonchev–Trinajstić information content (AvgIpc) is 3.41. The Bertz CT molecular complexity index is 1490. The molecule has 1 saturated carbocycles. The number of rotatable bonds is 8. The molecule has 12 heteroatoms. The van der Waals surface area contributed by atoms with Crippen molar-refractivity contribution >= 4 is 22.9 Å². The zero-order chi connectivity index (χ0) is 28.2. The number of imidazole rings is 1. The van der Waals surface area contributed by atoms with Gasteiger partial charge in [-0.15, -0.1) is 0 Å². The molecule has 1 amide bonds. The lowest BCUT2D eigenvalue weighted by molar-refractivity contribution is -0.126. The molecule has 0 spiro atoms. The van der Waals surface area contributed by atoms with Crippen LogP contribution in [0.25, 0.3) is 16.9 Å². The van der Waals surface area contributed by atoms with Crippen LogP contribution in [0.5, 0.6) is 5.88 Å². The number of alkyl halides is 2. The standard InChI is InChI=1S/C29H31F2N7O3/c30-26(31)27-34-22-6-1-2-7-23(22)38(27)24-17-25(36-29(35-24)37-13-15-40-16-14-37)41-21-10-8-19(9-11-21)28(39)33-18-20-5-3-4-12-32-20/h1-7,12,17,19,21,26H,8-11,13-16,18H2,(H,33,39). The molecule has 4 aromatic rings. The van der Waals surface area contributed by atoms with Crippen molar-refractivity contribution in [2.45, 2.75) is 44.8 Å². The van der Waals surface area contributed by atoms with Crippen LogP contribution in [0.2, 0.25) is 0 Å². The summed E-state index contributed by atoms with van der Waals surface area (Å²) in [7, 11) is 0. The number of pyridine rings is 1. The van der Waals surface area contributed by atoms with E-state index in [2.05, 4.69) is 25.3 Å². The number of amides is 1. The number of nitrogens with one attached hydrogen (secondary N) is 1. The molecule has 1 N–H and O–H groups in total. The zero-order valence-corrected chi connectivity index (χ0v) is 22.5. The Morgan fingerprint density at radius 3 is 2.56 bits per heavy atom. The predicted octanol–water partition coefficient (Wildman–Crippen LogP) is 4.24. The molecule has 10 nitrogen and oxygen atoms in total. The third-order valence-corrected chi connectivity index (χ3v) is 7.48. The van der Waals surface area contributed by atoms with Gasteiger partial charge in [0.1, 0.15) is 11.9 Å². The summed E-state index contributed by atoms with van der Waals surface area (Å²) < 4.78 is 41.4. The van der Waals surface area contributed by atoms with Crippen LogP contribution in [-0.2, 0) is 16.1 Å². The Hall–Kier alpha value is -4.19. The molecule has 2 aliphatic rings. The third kappa shape index (κ3) is 6.12. The molecular formula is C29H31F2N7O3. The number of hydrogen-bond acceptors (Lipinski definition) is 8. The normalized spacial score (nSPS) is 19.4. The highest BCUT2D eigenvalue weighted by molar-refractivity contribution is 5.79. The number of carbonyl (C=O) groups is 1. The number of ether oxygens (including phenoxy) is 2. The lowest BCUT2D eigenvalue weighted by Crippen LogP contribution is -2.37. The summed E-state index contributed by atoms with van der Waals surface area (Å²) in [6, 6.07) is 14.2. The number of halogens is 2. The highest BCUT2D eigenvalue weighted by Gasteiger charge is 2.29. The first-order valence-electron chi connectivity index (χ1n) is 13.9. The molecule has 3 aromatic heterocycles. The van der Waals surface area contributed by atoms with Crippen LogP contribution in [0.1, 0.15) is 43.6 Å². The molecule has 1 aliphatic carbocycles. The van der Waals surface area contributed by atoms with Gasteiger partial charge in [0, 0.05) is 31.3 Å². The molecule has 214 valence electrons. The second-order valence-electron chi connectivity index (χ2n) is 10.2. The summed E-state index contributed by atoms with van der Waals surface area (Å²) in [5, 5.41) is 2.98. The molecule has 0 atom stereocenters. The second-order valence-corrected chi connectivity index (χ2v) is 10.2. The van der Waals surface area contributed by atoms with E-state index in [1.165, 1.54) is 4.57 Å². The van der Waals surface area contributed by atoms with Crippen LogP contribution < -0.4 is 15.0 Å². The minimum absolute atomic E-state index is 0.0135. The fourth-order valence-electron chi connectivity index (χ4n) is 5.35. The van der Waals surface area contributed by atoms with E-state index in [1.54, 1.807) is 36.5 Å². The van der Waals surface area contributed by atoms with E-state index in [4.69, 9.17) is 9.47 Å². The van der Waals surface area contributed by atoms with Gasteiger partial charge in [0.2, 0.25) is 17.7 Å². The van der Waals surface area contributed by atoms with Crippen molar-refractivity contribution in [2.24, 2.45) is 5.92 Å². The summed E-state index contributed by atoms with van der Waals surface area (Å²) in [5.41, 5.74) is 1.79. The van der Waals surface area contributed by atoms with Crippen LogP contribution in [0, 0.1) is 5.92 Å². The summed E-state index contributed by atoms with van der Waals surface area (Å²) in [4.78, 5) is 32.5. The maximum absolute atomic E-state index is 14.1. The first kappa shape index (κ1) is 27.0. The smallest absolute Gasteiger partial charge is 0.296 e. The highest BCUT2D eigenvalue weighted by atomic mass is 19.3. The molecule has 6 rings (SSSR count). The lowest BCUT2D eigenvalue weighted by Gasteiger charge is -2.29. The van der Waals surface area contributed by atoms with E-state index >= 15 is 0 Å². The summed E-state index contributed by atoms with van der Waals surface area (Å²) >= 11 is 0. The quantitative estimate of drug-likeness (QED) is 0.339. The Morgan fingerprint density at radius 1 is 1.02 bits per heavy atom. The number of carbonyl (C=O) groups excluding carboxylic acids is 1. The first-order chi connectivity index (χ1) is 20.0. The molecule has 0 radical (unpaired) electrons. The molecule has 1 aliphatic heterocycles. The maximum atomic E-state index is 14.1. The number of fused-ring (bicyclic) bond motifs is 1. The van der Waals surface area contributed by atoms with E-state index < -0.39 is 6.43 Å². The van der Waals surface area contributed by atoms with Crippen LogP contribution in [0.4, 0.5) is 14.7 Å². The summed E-state index contributed by atoms with van der Waals surface area (Å²) in [5.74, 6) is 0.483. The maximum Gasteiger partial charge on any atom is 0.296 e. The van der Waals surface area contributed by atoms with Crippen molar-refractivity contribution in [1.29, 1.82) is 0 Å². The first-order valence-corrected chi connectivity index (χ1v) is 13.9.